The molecular weight excluding hydrogens is 358 g/mol. The number of carboxylic acids is 2. The lowest BCUT2D eigenvalue weighted by atomic mass is 10.1. The fourth-order valence-electron chi connectivity index (χ4n) is 2.67. The van der Waals surface area contributed by atoms with Crippen molar-refractivity contribution < 1.29 is 19.8 Å². The van der Waals surface area contributed by atoms with Gasteiger partial charge in [0.15, 0.2) is 0 Å². The average Bonchev–Trinajstić information content (AvgIpc) is 2.70. The quantitative estimate of drug-likeness (QED) is 0.504. The number of para-hydroxylation sites is 3. The summed E-state index contributed by atoms with van der Waals surface area (Å²) in [5.41, 5.74) is 2.15. The van der Waals surface area contributed by atoms with Crippen molar-refractivity contribution >= 4 is 34.7 Å². The lowest BCUT2D eigenvalue weighted by Gasteiger charge is -2.16. The summed E-state index contributed by atoms with van der Waals surface area (Å²) in [5, 5.41) is 33.9. The molecule has 0 unspecified atom stereocenters. The second-order valence-corrected chi connectivity index (χ2v) is 5.82. The molecule has 0 heterocycles. The third kappa shape index (κ3) is 3.92. The predicted octanol–water partition coefficient (Wildman–Crippen LogP) is 4.44. The zero-order valence-corrected chi connectivity index (χ0v) is 14.5. The van der Waals surface area contributed by atoms with E-state index >= 15 is 0 Å². The van der Waals surface area contributed by atoms with Crippen LogP contribution in [-0.2, 0) is 0 Å². The van der Waals surface area contributed by atoms with E-state index in [2.05, 4.69) is 10.6 Å². The third-order valence-electron chi connectivity index (χ3n) is 4.00. The summed E-state index contributed by atoms with van der Waals surface area (Å²) in [5.74, 6) is -2.23. The number of rotatable bonds is 6. The van der Waals surface area contributed by atoms with Gasteiger partial charge in [0, 0.05) is 0 Å². The Labute approximate surface area is 160 Å². The first kappa shape index (κ1) is 18.5. The molecule has 0 radical (unpaired) electrons. The minimum atomic E-state index is -1.17. The maximum Gasteiger partial charge on any atom is 0.337 e. The third-order valence-corrected chi connectivity index (χ3v) is 4.00. The molecule has 0 fully saturated rings. The van der Waals surface area contributed by atoms with E-state index in [9.17, 15) is 19.8 Å². The number of nitrogens with zero attached hydrogens (tertiary/aromatic N) is 1. The number of nitriles is 1. The first-order valence-electron chi connectivity index (χ1n) is 8.22. The van der Waals surface area contributed by atoms with Gasteiger partial charge in [0.2, 0.25) is 0 Å². The number of anilines is 4. The minimum Gasteiger partial charge on any atom is -0.478 e. The second kappa shape index (κ2) is 7.93. The largest absolute Gasteiger partial charge is 0.478 e. The van der Waals surface area contributed by atoms with Gasteiger partial charge in [-0.25, -0.2) is 9.59 Å². The molecule has 3 aromatic carbocycles. The summed E-state index contributed by atoms with van der Waals surface area (Å²) in [6.45, 7) is 0. The molecule has 0 aromatic heterocycles. The van der Waals surface area contributed by atoms with Crippen LogP contribution in [0.15, 0.2) is 66.7 Å². The maximum atomic E-state index is 11.5. The molecule has 0 saturated heterocycles. The van der Waals surface area contributed by atoms with Crippen molar-refractivity contribution in [2.24, 2.45) is 0 Å². The van der Waals surface area contributed by atoms with E-state index in [0.29, 0.717) is 22.7 Å². The van der Waals surface area contributed by atoms with Crippen molar-refractivity contribution in [1.29, 1.82) is 5.26 Å². The summed E-state index contributed by atoms with van der Waals surface area (Å²) in [6, 6.07) is 19.7. The van der Waals surface area contributed by atoms with Crippen LogP contribution in [0.3, 0.4) is 0 Å². The number of carbonyl (C=O) groups is 2. The van der Waals surface area contributed by atoms with Crippen LogP contribution in [0, 0.1) is 11.3 Å². The molecule has 0 atom stereocenters. The van der Waals surface area contributed by atoms with Crippen molar-refractivity contribution in [3.8, 4) is 6.07 Å². The van der Waals surface area contributed by atoms with Gasteiger partial charge in [-0.05, 0) is 42.5 Å². The fraction of sp³-hybridized carbons (Fsp3) is 0. The summed E-state index contributed by atoms with van der Waals surface area (Å²) in [7, 11) is 0. The molecule has 3 rings (SSSR count). The van der Waals surface area contributed by atoms with E-state index in [4.69, 9.17) is 5.26 Å². The topological polar surface area (TPSA) is 122 Å². The van der Waals surface area contributed by atoms with E-state index < -0.39 is 11.9 Å². The number of nitrogens with one attached hydrogen (secondary N) is 2. The normalized spacial score (nSPS) is 9.96. The predicted molar refractivity (Wildman–Crippen MR) is 105 cm³/mol. The smallest absolute Gasteiger partial charge is 0.337 e. The molecule has 0 bridgehead atoms. The van der Waals surface area contributed by atoms with Crippen LogP contribution in [0.1, 0.15) is 26.3 Å². The van der Waals surface area contributed by atoms with E-state index in [1.54, 1.807) is 42.5 Å². The van der Waals surface area contributed by atoms with Gasteiger partial charge in [0.25, 0.3) is 0 Å². The highest BCUT2D eigenvalue weighted by molar-refractivity contribution is 5.98. The Morgan fingerprint density at radius 1 is 0.714 bits per heavy atom. The molecule has 0 aliphatic heterocycles. The molecule has 0 aliphatic carbocycles. The first-order valence-corrected chi connectivity index (χ1v) is 8.22. The maximum absolute atomic E-state index is 11.5. The van der Waals surface area contributed by atoms with E-state index in [-0.39, 0.29) is 16.7 Å². The summed E-state index contributed by atoms with van der Waals surface area (Å²) in [4.78, 5) is 23.0. The number of benzene rings is 3. The van der Waals surface area contributed by atoms with Gasteiger partial charge in [-0.15, -0.1) is 0 Å². The van der Waals surface area contributed by atoms with Gasteiger partial charge in [-0.2, -0.15) is 5.26 Å². The first-order chi connectivity index (χ1) is 13.5. The Morgan fingerprint density at radius 2 is 1.21 bits per heavy atom. The van der Waals surface area contributed by atoms with Gasteiger partial charge in [-0.1, -0.05) is 24.3 Å². The van der Waals surface area contributed by atoms with Gasteiger partial charge >= 0.3 is 11.9 Å². The molecule has 138 valence electrons. The molecular formula is C21H15N3O4. The molecule has 0 saturated carbocycles. The monoisotopic (exact) mass is 373 g/mol. The molecule has 3 aromatic rings. The van der Waals surface area contributed by atoms with Gasteiger partial charge in [-0.3, -0.25) is 0 Å². The molecule has 4 N–H and O–H groups in total. The molecule has 0 amide bonds. The molecule has 28 heavy (non-hydrogen) atoms. The van der Waals surface area contributed by atoms with Gasteiger partial charge < -0.3 is 20.8 Å². The van der Waals surface area contributed by atoms with Crippen LogP contribution < -0.4 is 10.6 Å². The number of hydrogen-bond donors (Lipinski definition) is 4. The van der Waals surface area contributed by atoms with Crippen LogP contribution in [0.5, 0.6) is 0 Å². The summed E-state index contributed by atoms with van der Waals surface area (Å²) in [6.07, 6.45) is 0. The van der Waals surface area contributed by atoms with Crippen LogP contribution >= 0.6 is 0 Å². The lowest BCUT2D eigenvalue weighted by Crippen LogP contribution is -2.06. The zero-order valence-electron chi connectivity index (χ0n) is 14.5. The Hall–Kier alpha value is -4.31. The van der Waals surface area contributed by atoms with E-state index in [1.807, 2.05) is 6.07 Å². The van der Waals surface area contributed by atoms with Crippen molar-refractivity contribution in [1.82, 2.24) is 0 Å². The fourth-order valence-corrected chi connectivity index (χ4v) is 2.67. The van der Waals surface area contributed by atoms with Crippen LogP contribution in [0.4, 0.5) is 22.7 Å². The Kier molecular flexibility index (Phi) is 5.23. The van der Waals surface area contributed by atoms with Crippen molar-refractivity contribution in [3.63, 3.8) is 0 Å². The minimum absolute atomic E-state index is 0.0419. The van der Waals surface area contributed by atoms with Crippen LogP contribution in [0.2, 0.25) is 0 Å². The van der Waals surface area contributed by atoms with Gasteiger partial charge in [0.1, 0.15) is 0 Å². The molecule has 0 spiro atoms. The number of hydrogen-bond acceptors (Lipinski definition) is 5. The lowest BCUT2D eigenvalue weighted by molar-refractivity contribution is 0.0687. The molecule has 0 aliphatic rings. The van der Waals surface area contributed by atoms with Crippen molar-refractivity contribution in [3.05, 3.63) is 83.4 Å². The van der Waals surface area contributed by atoms with Crippen LogP contribution in [0.25, 0.3) is 0 Å². The van der Waals surface area contributed by atoms with E-state index in [1.165, 1.54) is 24.3 Å². The Bertz CT molecular complexity index is 1100. The summed E-state index contributed by atoms with van der Waals surface area (Å²) < 4.78 is 0. The SMILES string of the molecule is N#Cc1ccc(Nc2ccccc2Nc2ccccc2C(=O)O)c(C(=O)O)c1. The highest BCUT2D eigenvalue weighted by atomic mass is 16.4. The zero-order chi connectivity index (χ0) is 20.1. The number of aromatic carboxylic acids is 2. The standard InChI is InChI=1S/C21H15N3O4/c22-12-13-9-10-17(15(11-13)21(27)28)24-19-8-4-3-7-18(19)23-16-6-2-1-5-14(16)20(25)26/h1-11,23-24H,(H,25,26)(H,27,28). The van der Waals surface area contributed by atoms with Crippen molar-refractivity contribution in [2.45, 2.75) is 0 Å². The Balaban J connectivity index is 1.98. The second-order valence-electron chi connectivity index (χ2n) is 5.82. The van der Waals surface area contributed by atoms with E-state index in [0.717, 1.165) is 0 Å². The van der Waals surface area contributed by atoms with Crippen LogP contribution in [-0.4, -0.2) is 22.2 Å². The average molecular weight is 373 g/mol. The van der Waals surface area contributed by atoms with Gasteiger partial charge in [0.05, 0.1) is 45.5 Å². The highest BCUT2D eigenvalue weighted by Crippen LogP contribution is 2.31. The summed E-state index contributed by atoms with van der Waals surface area (Å²) >= 11 is 0. The Morgan fingerprint density at radius 3 is 1.75 bits per heavy atom. The number of carboxylic acid groups (broad SMARTS) is 2. The highest BCUT2D eigenvalue weighted by Gasteiger charge is 2.14. The molecule has 7 heteroatoms. The molecule has 7 nitrogen and oxygen atoms in total. The van der Waals surface area contributed by atoms with Crippen molar-refractivity contribution in [2.75, 3.05) is 10.6 Å².